The predicted molar refractivity (Wildman–Crippen MR) is 59.0 cm³/mol. The third-order valence-corrected chi connectivity index (χ3v) is 2.25. The van der Waals surface area contributed by atoms with Crippen LogP contribution in [0.3, 0.4) is 0 Å². The lowest BCUT2D eigenvalue weighted by Crippen LogP contribution is -1.91. The van der Waals surface area contributed by atoms with Crippen molar-refractivity contribution in [1.29, 1.82) is 0 Å². The van der Waals surface area contributed by atoms with E-state index in [1.165, 1.54) is 11.1 Å². The van der Waals surface area contributed by atoms with Crippen LogP contribution in [0.15, 0.2) is 42.6 Å². The molecule has 1 heterocycles. The van der Waals surface area contributed by atoms with Crippen LogP contribution in [0.4, 0.5) is 0 Å². The molecule has 1 aromatic carbocycles. The van der Waals surface area contributed by atoms with E-state index in [0.29, 0.717) is 0 Å². The fraction of sp³-hybridized carbons (Fsp3) is 0.231. The highest BCUT2D eigenvalue weighted by Gasteiger charge is 1.98. The highest BCUT2D eigenvalue weighted by atomic mass is 14.9. The largest absolute Gasteiger partial charge is 0.346 e. The molecule has 0 N–H and O–H groups in total. The van der Waals surface area contributed by atoms with Gasteiger partial charge in [0.2, 0.25) is 0 Å². The number of aryl methyl sites for hydroxylation is 1. The van der Waals surface area contributed by atoms with E-state index in [9.17, 15) is 0 Å². The van der Waals surface area contributed by atoms with Gasteiger partial charge < -0.3 is 4.57 Å². The smallest absolute Gasteiger partial charge is 0.0654 e. The van der Waals surface area contributed by atoms with Gasteiger partial charge in [-0.2, -0.15) is 0 Å². The van der Waals surface area contributed by atoms with E-state index < -0.39 is 0 Å². The fourth-order valence-electron chi connectivity index (χ4n) is 1.55. The molecule has 0 amide bonds. The van der Waals surface area contributed by atoms with E-state index in [1.807, 2.05) is 12.1 Å². The van der Waals surface area contributed by atoms with Crippen molar-refractivity contribution in [3.8, 4) is 11.1 Å². The first-order valence-electron chi connectivity index (χ1n) is 5.03. The van der Waals surface area contributed by atoms with E-state index in [1.54, 1.807) is 0 Å². The zero-order valence-corrected chi connectivity index (χ0v) is 8.40. The molecule has 0 aliphatic heterocycles. The number of hydrogen-bond acceptors (Lipinski definition) is 0. The fourth-order valence-corrected chi connectivity index (χ4v) is 1.55. The number of hydrogen-bond donors (Lipinski definition) is 0. The number of nitrogens with zero attached hydrogens (tertiary/aromatic N) is 1. The topological polar surface area (TPSA) is 4.93 Å². The molecule has 0 saturated carbocycles. The molecule has 71 valence electrons. The van der Waals surface area contributed by atoms with E-state index in [2.05, 4.69) is 48.1 Å². The summed E-state index contributed by atoms with van der Waals surface area (Å²) in [6.45, 7) is 3.23. The molecule has 0 fully saturated rings. The van der Waals surface area contributed by atoms with Gasteiger partial charge in [-0.3, -0.25) is 0 Å². The van der Waals surface area contributed by atoms with Gasteiger partial charge in [-0.25, -0.2) is 0 Å². The Bertz CT molecular complexity index is 387. The summed E-state index contributed by atoms with van der Waals surface area (Å²) in [6.07, 6.45) is 6.53. The highest BCUT2D eigenvalue weighted by molar-refractivity contribution is 5.62. The first-order chi connectivity index (χ1) is 6.90. The monoisotopic (exact) mass is 184 g/mol. The van der Waals surface area contributed by atoms with Gasteiger partial charge in [0, 0.05) is 18.3 Å². The van der Waals surface area contributed by atoms with Gasteiger partial charge in [0.25, 0.3) is 0 Å². The van der Waals surface area contributed by atoms with Crippen molar-refractivity contribution in [2.75, 3.05) is 0 Å². The molecule has 1 aromatic heterocycles. The Morgan fingerprint density at radius 2 is 1.93 bits per heavy atom. The summed E-state index contributed by atoms with van der Waals surface area (Å²) in [7, 11) is 0. The molecule has 1 heteroatoms. The Kier molecular flexibility index (Phi) is 2.68. The molecule has 2 aromatic rings. The van der Waals surface area contributed by atoms with Crippen LogP contribution in [0.5, 0.6) is 0 Å². The highest BCUT2D eigenvalue weighted by Crippen LogP contribution is 2.18. The third-order valence-electron chi connectivity index (χ3n) is 2.25. The first kappa shape index (κ1) is 9.07. The SMILES string of the molecule is CCCn1[c]cc(-c2ccccc2)c1. The van der Waals surface area contributed by atoms with Gasteiger partial charge in [0.15, 0.2) is 0 Å². The van der Waals surface area contributed by atoms with Crippen molar-refractivity contribution in [1.82, 2.24) is 4.57 Å². The van der Waals surface area contributed by atoms with Crippen molar-refractivity contribution in [3.05, 3.63) is 48.8 Å². The van der Waals surface area contributed by atoms with Crippen molar-refractivity contribution in [3.63, 3.8) is 0 Å². The molecular weight excluding hydrogens is 170 g/mol. The molecule has 0 aliphatic carbocycles. The van der Waals surface area contributed by atoms with Crippen LogP contribution >= 0.6 is 0 Å². The maximum absolute atomic E-state index is 3.22. The molecule has 0 aliphatic rings. The minimum Gasteiger partial charge on any atom is -0.346 e. The number of aromatic nitrogens is 1. The van der Waals surface area contributed by atoms with Gasteiger partial charge in [-0.15, -0.1) is 0 Å². The van der Waals surface area contributed by atoms with E-state index in [-0.39, 0.29) is 0 Å². The van der Waals surface area contributed by atoms with Crippen LogP contribution in [0.1, 0.15) is 13.3 Å². The molecule has 2 rings (SSSR count). The lowest BCUT2D eigenvalue weighted by molar-refractivity contribution is 0.679. The molecule has 0 unspecified atom stereocenters. The summed E-state index contributed by atoms with van der Waals surface area (Å²) in [5, 5.41) is 0. The minimum absolute atomic E-state index is 1.05. The van der Waals surface area contributed by atoms with E-state index in [4.69, 9.17) is 0 Å². The molecule has 1 radical (unpaired) electrons. The van der Waals surface area contributed by atoms with E-state index >= 15 is 0 Å². The summed E-state index contributed by atoms with van der Waals surface area (Å²) in [6, 6.07) is 12.5. The van der Waals surface area contributed by atoms with Crippen molar-refractivity contribution in [2.24, 2.45) is 0 Å². The Morgan fingerprint density at radius 3 is 2.64 bits per heavy atom. The van der Waals surface area contributed by atoms with Crippen molar-refractivity contribution < 1.29 is 0 Å². The Labute approximate surface area is 85.0 Å². The lowest BCUT2D eigenvalue weighted by atomic mass is 10.1. The molecule has 0 atom stereocenters. The molecule has 0 spiro atoms. The Morgan fingerprint density at radius 1 is 1.14 bits per heavy atom. The normalized spacial score (nSPS) is 10.4. The van der Waals surface area contributed by atoms with Crippen LogP contribution < -0.4 is 0 Å². The summed E-state index contributed by atoms with van der Waals surface area (Å²) in [5.41, 5.74) is 2.51. The maximum Gasteiger partial charge on any atom is 0.0654 e. The average Bonchev–Trinajstić information content (AvgIpc) is 2.68. The molecule has 1 nitrogen and oxygen atoms in total. The number of benzene rings is 1. The van der Waals surface area contributed by atoms with Gasteiger partial charge in [-0.1, -0.05) is 37.3 Å². The minimum atomic E-state index is 1.05. The van der Waals surface area contributed by atoms with Crippen LogP contribution in [0.2, 0.25) is 0 Å². The second kappa shape index (κ2) is 4.14. The van der Waals surface area contributed by atoms with E-state index in [0.717, 1.165) is 13.0 Å². The van der Waals surface area contributed by atoms with Crippen LogP contribution in [0.25, 0.3) is 11.1 Å². The Hall–Kier alpha value is -1.50. The van der Waals surface area contributed by atoms with Gasteiger partial charge >= 0.3 is 0 Å². The van der Waals surface area contributed by atoms with Crippen molar-refractivity contribution in [2.45, 2.75) is 19.9 Å². The van der Waals surface area contributed by atoms with Gasteiger partial charge in [0.1, 0.15) is 0 Å². The zero-order chi connectivity index (χ0) is 9.80. The zero-order valence-electron chi connectivity index (χ0n) is 8.40. The van der Waals surface area contributed by atoms with Crippen LogP contribution in [-0.2, 0) is 6.54 Å². The summed E-state index contributed by atoms with van der Waals surface area (Å²) < 4.78 is 2.11. The first-order valence-corrected chi connectivity index (χ1v) is 5.03. The van der Waals surface area contributed by atoms with Gasteiger partial charge in [-0.05, 0) is 18.1 Å². The summed E-state index contributed by atoms with van der Waals surface area (Å²) in [4.78, 5) is 0. The standard InChI is InChI=1S/C13H14N/c1-2-9-14-10-8-13(11-14)12-6-4-3-5-7-12/h3-8,11H,2,9H2,1H3. The maximum atomic E-state index is 3.22. The third kappa shape index (κ3) is 1.87. The average molecular weight is 184 g/mol. The number of rotatable bonds is 3. The molecule has 0 saturated heterocycles. The summed E-state index contributed by atoms with van der Waals surface area (Å²) >= 11 is 0. The molecule has 14 heavy (non-hydrogen) atoms. The van der Waals surface area contributed by atoms with Crippen molar-refractivity contribution >= 4 is 0 Å². The van der Waals surface area contributed by atoms with Crippen LogP contribution in [0, 0.1) is 6.20 Å². The Balaban J connectivity index is 2.25. The molecule has 0 bridgehead atoms. The van der Waals surface area contributed by atoms with Crippen LogP contribution in [-0.4, -0.2) is 4.57 Å². The second-order valence-electron chi connectivity index (χ2n) is 3.42. The molecular formula is C13H14N. The van der Waals surface area contributed by atoms with Gasteiger partial charge in [0.05, 0.1) is 6.20 Å². The quantitative estimate of drug-likeness (QED) is 0.689. The predicted octanol–water partition coefficient (Wildman–Crippen LogP) is 3.37. The summed E-state index contributed by atoms with van der Waals surface area (Å²) in [5.74, 6) is 0. The lowest BCUT2D eigenvalue weighted by Gasteiger charge is -1.98. The second-order valence-corrected chi connectivity index (χ2v) is 3.42.